The van der Waals surface area contributed by atoms with E-state index in [1.807, 2.05) is 48.5 Å². The van der Waals surface area contributed by atoms with Gasteiger partial charge in [0, 0.05) is 18.0 Å². The molecule has 0 saturated heterocycles. The summed E-state index contributed by atoms with van der Waals surface area (Å²) in [5.74, 6) is 0.989. The number of nitrogens with one attached hydrogen (secondary N) is 1. The topological polar surface area (TPSA) is 63.1 Å². The Bertz CT molecular complexity index is 1270. The molecule has 1 aliphatic heterocycles. The first-order chi connectivity index (χ1) is 16.4. The average molecular weight is 492 g/mol. The summed E-state index contributed by atoms with van der Waals surface area (Å²) in [4.78, 5) is 22.4. The molecule has 0 saturated carbocycles. The van der Waals surface area contributed by atoms with Crippen LogP contribution in [0.1, 0.15) is 28.7 Å². The van der Waals surface area contributed by atoms with Gasteiger partial charge in [0.05, 0.1) is 35.0 Å². The number of thioether (sulfide) groups is 1. The van der Waals surface area contributed by atoms with Gasteiger partial charge in [-0.05, 0) is 78.6 Å². The average Bonchev–Trinajstić information content (AvgIpc) is 3.01. The molecule has 0 fully saturated rings. The van der Waals surface area contributed by atoms with Crippen molar-refractivity contribution in [3.63, 3.8) is 0 Å². The normalized spacial score (nSPS) is 12.8. The number of rotatable bonds is 6. The number of ether oxygens (including phenoxy) is 1. The van der Waals surface area contributed by atoms with Gasteiger partial charge in [-0.1, -0.05) is 29.8 Å². The van der Waals surface area contributed by atoms with E-state index in [0.717, 1.165) is 44.6 Å². The molecule has 0 aliphatic carbocycles. The molecule has 1 heterocycles. The van der Waals surface area contributed by atoms with E-state index < -0.39 is 0 Å². The Balaban J connectivity index is 1.53. The van der Waals surface area contributed by atoms with Crippen LogP contribution in [-0.2, 0) is 11.3 Å². The molecule has 7 heteroatoms. The standard InChI is InChI=1S/C27H26ClN3O2S/c1-17-12-24-25(13-18(17)2)31-27(14-23(30-24)19-8-10-21(33-3)11-9-19)34-16-26(32)29-15-20-6-4-5-7-22(20)28/h4-13H,14-16H2,1-3H3,(H,29,32). The third-order valence-corrected chi connectivity index (χ3v) is 6.98. The Hall–Kier alpha value is -3.09. The quantitative estimate of drug-likeness (QED) is 0.424. The summed E-state index contributed by atoms with van der Waals surface area (Å²) in [5.41, 5.74) is 6.80. The maximum Gasteiger partial charge on any atom is 0.230 e. The van der Waals surface area contributed by atoms with Crippen LogP contribution in [0.4, 0.5) is 11.4 Å². The zero-order valence-corrected chi connectivity index (χ0v) is 21.0. The van der Waals surface area contributed by atoms with Crippen molar-refractivity contribution in [2.45, 2.75) is 26.8 Å². The maximum atomic E-state index is 12.5. The molecule has 174 valence electrons. The molecule has 34 heavy (non-hydrogen) atoms. The van der Waals surface area contributed by atoms with Gasteiger partial charge in [-0.25, -0.2) is 4.99 Å². The summed E-state index contributed by atoms with van der Waals surface area (Å²) in [5, 5.41) is 4.44. The van der Waals surface area contributed by atoms with Gasteiger partial charge in [0.1, 0.15) is 5.75 Å². The first-order valence-electron chi connectivity index (χ1n) is 11.0. The van der Waals surface area contributed by atoms with Crippen LogP contribution in [-0.4, -0.2) is 29.5 Å². The number of aryl methyl sites for hydroxylation is 2. The van der Waals surface area contributed by atoms with E-state index in [-0.39, 0.29) is 11.7 Å². The van der Waals surface area contributed by atoms with E-state index >= 15 is 0 Å². The molecule has 0 spiro atoms. The maximum absolute atomic E-state index is 12.5. The Morgan fingerprint density at radius 3 is 2.38 bits per heavy atom. The summed E-state index contributed by atoms with van der Waals surface area (Å²) >= 11 is 7.63. The third-order valence-electron chi connectivity index (χ3n) is 5.64. The van der Waals surface area contributed by atoms with Crippen LogP contribution >= 0.6 is 23.4 Å². The van der Waals surface area contributed by atoms with Gasteiger partial charge >= 0.3 is 0 Å². The summed E-state index contributed by atoms with van der Waals surface area (Å²) in [7, 11) is 1.65. The molecule has 0 unspecified atom stereocenters. The number of nitrogens with zero attached hydrogens (tertiary/aromatic N) is 2. The molecular weight excluding hydrogens is 466 g/mol. The fourth-order valence-corrected chi connectivity index (χ4v) is 4.54. The van der Waals surface area contributed by atoms with Crippen molar-refractivity contribution >= 4 is 51.4 Å². The smallest absolute Gasteiger partial charge is 0.230 e. The molecule has 1 N–H and O–H groups in total. The summed E-state index contributed by atoms with van der Waals surface area (Å²) in [6, 6.07) is 19.5. The van der Waals surface area contributed by atoms with Crippen LogP contribution in [0.5, 0.6) is 5.75 Å². The van der Waals surface area contributed by atoms with Gasteiger partial charge in [-0.3, -0.25) is 9.79 Å². The number of hydrogen-bond donors (Lipinski definition) is 1. The number of benzene rings is 3. The van der Waals surface area contributed by atoms with Crippen molar-refractivity contribution in [1.29, 1.82) is 0 Å². The lowest BCUT2D eigenvalue weighted by Crippen LogP contribution is -2.25. The number of carbonyl (C=O) groups excluding carboxylic acids is 1. The van der Waals surface area contributed by atoms with Crippen LogP contribution in [0.15, 0.2) is 70.6 Å². The monoisotopic (exact) mass is 491 g/mol. The number of carbonyl (C=O) groups is 1. The second kappa shape index (κ2) is 10.9. The number of aliphatic imine (C=N–C) groups is 2. The van der Waals surface area contributed by atoms with Gasteiger partial charge in [-0.2, -0.15) is 0 Å². The number of fused-ring (bicyclic) bond motifs is 1. The van der Waals surface area contributed by atoms with Crippen molar-refractivity contribution < 1.29 is 9.53 Å². The highest BCUT2D eigenvalue weighted by molar-refractivity contribution is 8.14. The summed E-state index contributed by atoms with van der Waals surface area (Å²) in [6.45, 7) is 4.54. The lowest BCUT2D eigenvalue weighted by molar-refractivity contribution is -0.118. The number of methoxy groups -OCH3 is 1. The van der Waals surface area contributed by atoms with Crippen LogP contribution in [0.25, 0.3) is 0 Å². The highest BCUT2D eigenvalue weighted by atomic mass is 35.5. The fraction of sp³-hybridized carbons (Fsp3) is 0.222. The lowest BCUT2D eigenvalue weighted by atomic mass is 10.1. The van der Waals surface area contributed by atoms with Crippen molar-refractivity contribution in [1.82, 2.24) is 5.32 Å². The predicted octanol–water partition coefficient (Wildman–Crippen LogP) is 6.57. The van der Waals surface area contributed by atoms with Gasteiger partial charge in [0.25, 0.3) is 0 Å². The minimum atomic E-state index is -0.0693. The number of halogens is 1. The first kappa shape index (κ1) is 24.0. The van der Waals surface area contributed by atoms with E-state index in [0.29, 0.717) is 18.0 Å². The molecule has 1 amide bonds. The highest BCUT2D eigenvalue weighted by Crippen LogP contribution is 2.36. The second-order valence-electron chi connectivity index (χ2n) is 8.05. The van der Waals surface area contributed by atoms with Gasteiger partial charge in [0.2, 0.25) is 5.91 Å². The van der Waals surface area contributed by atoms with Crippen molar-refractivity contribution in [2.75, 3.05) is 12.9 Å². The van der Waals surface area contributed by atoms with E-state index in [1.54, 1.807) is 7.11 Å². The molecule has 0 radical (unpaired) electrons. The van der Waals surface area contributed by atoms with Gasteiger partial charge in [-0.15, -0.1) is 11.8 Å². The van der Waals surface area contributed by atoms with Crippen LogP contribution in [0, 0.1) is 13.8 Å². The van der Waals surface area contributed by atoms with Crippen molar-refractivity contribution in [3.8, 4) is 5.75 Å². The predicted molar refractivity (Wildman–Crippen MR) is 143 cm³/mol. The minimum absolute atomic E-state index is 0.0693. The van der Waals surface area contributed by atoms with Gasteiger partial charge in [0.15, 0.2) is 0 Å². The summed E-state index contributed by atoms with van der Waals surface area (Å²) in [6.07, 6.45) is 0.543. The molecule has 1 aliphatic rings. The molecule has 3 aromatic rings. The van der Waals surface area contributed by atoms with E-state index in [4.69, 9.17) is 26.3 Å². The minimum Gasteiger partial charge on any atom is -0.497 e. The SMILES string of the molecule is COc1ccc(C2=Nc3cc(C)c(C)cc3N=C(SCC(=O)NCc3ccccc3Cl)C2)cc1. The second-order valence-corrected chi connectivity index (χ2v) is 9.51. The van der Waals surface area contributed by atoms with E-state index in [2.05, 4.69) is 31.3 Å². The van der Waals surface area contributed by atoms with Crippen LogP contribution in [0.3, 0.4) is 0 Å². The Kier molecular flexibility index (Phi) is 7.70. The molecule has 0 aromatic heterocycles. The summed E-state index contributed by atoms with van der Waals surface area (Å²) < 4.78 is 5.29. The third kappa shape index (κ3) is 5.88. The highest BCUT2D eigenvalue weighted by Gasteiger charge is 2.18. The lowest BCUT2D eigenvalue weighted by Gasteiger charge is -2.09. The van der Waals surface area contributed by atoms with E-state index in [1.165, 1.54) is 17.3 Å². The van der Waals surface area contributed by atoms with Crippen molar-refractivity contribution in [3.05, 3.63) is 87.9 Å². The Labute approximate surface area is 209 Å². The molecular formula is C27H26ClN3O2S. The number of hydrogen-bond acceptors (Lipinski definition) is 5. The van der Waals surface area contributed by atoms with Crippen LogP contribution < -0.4 is 10.1 Å². The molecule has 3 aromatic carbocycles. The van der Waals surface area contributed by atoms with E-state index in [9.17, 15) is 4.79 Å². The van der Waals surface area contributed by atoms with Crippen molar-refractivity contribution in [2.24, 2.45) is 9.98 Å². The molecule has 4 rings (SSSR count). The Morgan fingerprint density at radius 1 is 1.03 bits per heavy atom. The largest absolute Gasteiger partial charge is 0.497 e. The Morgan fingerprint density at radius 2 is 1.71 bits per heavy atom. The zero-order chi connectivity index (χ0) is 24.1. The number of amides is 1. The fourth-order valence-electron chi connectivity index (χ4n) is 3.54. The first-order valence-corrected chi connectivity index (χ1v) is 12.3. The molecule has 5 nitrogen and oxygen atoms in total. The molecule has 0 bridgehead atoms. The molecule has 0 atom stereocenters. The van der Waals surface area contributed by atoms with Gasteiger partial charge < -0.3 is 10.1 Å². The van der Waals surface area contributed by atoms with Crippen LogP contribution in [0.2, 0.25) is 5.02 Å². The zero-order valence-electron chi connectivity index (χ0n) is 19.4.